The number of aromatic nitrogens is 4. The Labute approximate surface area is 131 Å². The first kappa shape index (κ1) is 17.6. The molecule has 0 atom stereocenters. The highest BCUT2D eigenvalue weighted by Gasteiger charge is 2.18. The number of amides is 1. The molecule has 120 valence electrons. The number of fused-ring (bicyclic) bond motifs is 1. The fourth-order valence-electron chi connectivity index (χ4n) is 1.87. The third-order valence-electron chi connectivity index (χ3n) is 2.81. The van der Waals surface area contributed by atoms with E-state index in [4.69, 9.17) is 16.6 Å². The second kappa shape index (κ2) is 7.52. The number of nitrogen functional groups attached to an aromatic ring is 1. The number of anilines is 1. The molecule has 1 amide bonds. The molecular weight excluding hydrogens is 314 g/mol. The van der Waals surface area contributed by atoms with Crippen molar-refractivity contribution in [2.45, 2.75) is 6.54 Å². The summed E-state index contributed by atoms with van der Waals surface area (Å²) in [7, 11) is 0. The molecule has 0 aliphatic heterocycles. The van der Waals surface area contributed by atoms with E-state index in [1.807, 2.05) is 0 Å². The Balaban J connectivity index is 0.00000242. The molecule has 2 aromatic heterocycles. The third-order valence-corrected chi connectivity index (χ3v) is 2.81. The molecule has 0 saturated carbocycles. The topological polar surface area (TPSA) is 153 Å². The van der Waals surface area contributed by atoms with E-state index in [1.165, 1.54) is 22.1 Å². The van der Waals surface area contributed by atoms with E-state index < -0.39 is 12.5 Å². The van der Waals surface area contributed by atoms with Gasteiger partial charge in [0.05, 0.1) is 6.33 Å². The third kappa shape index (κ3) is 3.80. The van der Waals surface area contributed by atoms with E-state index in [1.54, 1.807) is 0 Å². The van der Waals surface area contributed by atoms with Crippen LogP contribution in [0.4, 0.5) is 5.82 Å². The van der Waals surface area contributed by atoms with Crippen LogP contribution >= 0.6 is 12.4 Å². The Hall–Kier alpha value is -2.46. The molecule has 0 fully saturated rings. The molecule has 0 spiro atoms. The van der Waals surface area contributed by atoms with Gasteiger partial charge >= 0.3 is 5.97 Å². The second-order valence-electron chi connectivity index (χ2n) is 4.30. The highest BCUT2D eigenvalue weighted by atomic mass is 35.5. The van der Waals surface area contributed by atoms with Crippen LogP contribution in [0.1, 0.15) is 0 Å². The quantitative estimate of drug-likeness (QED) is 0.591. The maximum Gasteiger partial charge on any atom is 0.323 e. The molecule has 0 bridgehead atoms. The summed E-state index contributed by atoms with van der Waals surface area (Å²) in [6.45, 7) is -0.159. The van der Waals surface area contributed by atoms with Crippen molar-refractivity contribution >= 4 is 41.3 Å². The van der Waals surface area contributed by atoms with Crippen LogP contribution in [-0.4, -0.2) is 61.0 Å². The van der Waals surface area contributed by atoms with Gasteiger partial charge in [0.15, 0.2) is 11.5 Å². The van der Waals surface area contributed by atoms with E-state index in [9.17, 15) is 9.59 Å². The Bertz CT molecular complexity index is 675. The van der Waals surface area contributed by atoms with Gasteiger partial charge in [-0.3, -0.25) is 9.59 Å². The SMILES string of the molecule is Cl.NCCN(CC(=O)O)C(=O)Cn1cnc2c(N)ncnc21. The largest absolute Gasteiger partial charge is 0.480 e. The minimum absolute atomic E-state index is 0. The number of rotatable bonds is 6. The summed E-state index contributed by atoms with van der Waals surface area (Å²) in [5.41, 5.74) is 11.9. The fourth-order valence-corrected chi connectivity index (χ4v) is 1.87. The van der Waals surface area contributed by atoms with Gasteiger partial charge in [-0.25, -0.2) is 15.0 Å². The zero-order valence-corrected chi connectivity index (χ0v) is 12.4. The lowest BCUT2D eigenvalue weighted by Crippen LogP contribution is -2.40. The summed E-state index contributed by atoms with van der Waals surface area (Å²) in [6.07, 6.45) is 2.68. The van der Waals surface area contributed by atoms with Crippen LogP contribution in [0.2, 0.25) is 0 Å². The summed E-state index contributed by atoms with van der Waals surface area (Å²) >= 11 is 0. The lowest BCUT2D eigenvalue weighted by Gasteiger charge is -2.20. The van der Waals surface area contributed by atoms with Crippen molar-refractivity contribution < 1.29 is 14.7 Å². The van der Waals surface area contributed by atoms with E-state index in [0.29, 0.717) is 11.2 Å². The monoisotopic (exact) mass is 329 g/mol. The molecule has 2 rings (SSSR count). The van der Waals surface area contributed by atoms with Crippen molar-refractivity contribution in [3.8, 4) is 0 Å². The molecule has 10 nitrogen and oxygen atoms in total. The van der Waals surface area contributed by atoms with Crippen molar-refractivity contribution in [1.29, 1.82) is 0 Å². The van der Waals surface area contributed by atoms with E-state index in [-0.39, 0.29) is 43.8 Å². The second-order valence-corrected chi connectivity index (χ2v) is 4.30. The summed E-state index contributed by atoms with van der Waals surface area (Å²) in [5, 5.41) is 8.80. The van der Waals surface area contributed by atoms with Gasteiger partial charge in [0.1, 0.15) is 24.9 Å². The number of carbonyl (C=O) groups is 2. The molecule has 0 radical (unpaired) electrons. The molecule has 0 saturated heterocycles. The molecule has 0 unspecified atom stereocenters. The first-order chi connectivity index (χ1) is 10.0. The molecule has 0 aromatic carbocycles. The smallest absolute Gasteiger partial charge is 0.323 e. The highest BCUT2D eigenvalue weighted by Crippen LogP contribution is 2.14. The van der Waals surface area contributed by atoms with Crippen molar-refractivity contribution in [2.24, 2.45) is 5.73 Å². The number of hydrogen-bond acceptors (Lipinski definition) is 7. The molecule has 2 aromatic rings. The fraction of sp³-hybridized carbons (Fsp3) is 0.364. The van der Waals surface area contributed by atoms with E-state index in [2.05, 4.69) is 15.0 Å². The van der Waals surface area contributed by atoms with Gasteiger partial charge in [-0.2, -0.15) is 0 Å². The van der Waals surface area contributed by atoms with Crippen LogP contribution in [0.5, 0.6) is 0 Å². The summed E-state index contributed by atoms with van der Waals surface area (Å²) in [6, 6.07) is 0. The van der Waals surface area contributed by atoms with Crippen molar-refractivity contribution in [3.63, 3.8) is 0 Å². The van der Waals surface area contributed by atoms with Crippen LogP contribution in [0.15, 0.2) is 12.7 Å². The van der Waals surface area contributed by atoms with Crippen molar-refractivity contribution in [2.75, 3.05) is 25.4 Å². The summed E-state index contributed by atoms with van der Waals surface area (Å²) in [5.74, 6) is -1.27. The molecule has 11 heteroatoms. The van der Waals surface area contributed by atoms with Crippen molar-refractivity contribution in [3.05, 3.63) is 12.7 Å². The Morgan fingerprint density at radius 1 is 1.32 bits per heavy atom. The number of imidazole rings is 1. The maximum atomic E-state index is 12.1. The normalized spacial score (nSPS) is 10.2. The number of carboxylic acid groups (broad SMARTS) is 1. The van der Waals surface area contributed by atoms with Crippen LogP contribution < -0.4 is 11.5 Å². The molecule has 22 heavy (non-hydrogen) atoms. The summed E-state index contributed by atoms with van der Waals surface area (Å²) in [4.78, 5) is 35.9. The van der Waals surface area contributed by atoms with Crippen LogP contribution in [0, 0.1) is 0 Å². The van der Waals surface area contributed by atoms with Gasteiger partial charge in [0.25, 0.3) is 0 Å². The van der Waals surface area contributed by atoms with Crippen LogP contribution in [-0.2, 0) is 16.1 Å². The molecular formula is C11H16ClN7O3. The first-order valence-corrected chi connectivity index (χ1v) is 6.14. The van der Waals surface area contributed by atoms with Gasteiger partial charge in [0.2, 0.25) is 5.91 Å². The molecule has 2 heterocycles. The average Bonchev–Trinajstić information content (AvgIpc) is 2.82. The number of carbonyl (C=O) groups excluding carboxylic acids is 1. The zero-order valence-electron chi connectivity index (χ0n) is 11.5. The van der Waals surface area contributed by atoms with Gasteiger partial charge in [-0.15, -0.1) is 12.4 Å². The van der Waals surface area contributed by atoms with E-state index >= 15 is 0 Å². The van der Waals surface area contributed by atoms with Gasteiger partial charge < -0.3 is 26.0 Å². The Kier molecular flexibility index (Phi) is 6.01. The minimum Gasteiger partial charge on any atom is -0.480 e. The molecule has 0 aliphatic carbocycles. The summed E-state index contributed by atoms with van der Waals surface area (Å²) < 4.78 is 1.49. The lowest BCUT2D eigenvalue weighted by molar-refractivity contribution is -0.144. The van der Waals surface area contributed by atoms with E-state index in [0.717, 1.165) is 0 Å². The van der Waals surface area contributed by atoms with Crippen LogP contribution in [0.25, 0.3) is 11.2 Å². The van der Waals surface area contributed by atoms with Crippen molar-refractivity contribution in [1.82, 2.24) is 24.4 Å². The van der Waals surface area contributed by atoms with Gasteiger partial charge in [-0.05, 0) is 0 Å². The first-order valence-electron chi connectivity index (χ1n) is 6.14. The maximum absolute atomic E-state index is 12.1. The van der Waals surface area contributed by atoms with Gasteiger partial charge in [-0.1, -0.05) is 0 Å². The number of halogens is 1. The van der Waals surface area contributed by atoms with Gasteiger partial charge in [0, 0.05) is 13.1 Å². The lowest BCUT2D eigenvalue weighted by atomic mass is 10.4. The number of hydrogen-bond donors (Lipinski definition) is 3. The Morgan fingerprint density at radius 3 is 2.68 bits per heavy atom. The number of carboxylic acids is 1. The predicted molar refractivity (Wildman–Crippen MR) is 80.3 cm³/mol. The number of nitrogens with two attached hydrogens (primary N) is 2. The predicted octanol–water partition coefficient (Wildman–Crippen LogP) is -1.30. The zero-order chi connectivity index (χ0) is 15.4. The highest BCUT2D eigenvalue weighted by molar-refractivity contribution is 5.85. The average molecular weight is 330 g/mol. The minimum atomic E-state index is -1.10. The standard InChI is InChI=1S/C11H15N7O3.ClH/c12-1-2-17(4-8(20)21)7(19)3-18-6-16-9-10(13)14-5-15-11(9)18;/h5-6H,1-4,12H2,(H,20,21)(H2,13,14,15);1H. The number of aliphatic carboxylic acids is 1. The molecule has 0 aliphatic rings. The van der Waals surface area contributed by atoms with Crippen LogP contribution in [0.3, 0.4) is 0 Å². The molecule has 5 N–H and O–H groups in total. The Morgan fingerprint density at radius 2 is 2.05 bits per heavy atom. The number of nitrogens with zero attached hydrogens (tertiary/aromatic N) is 5.